The van der Waals surface area contributed by atoms with Gasteiger partial charge in [-0.05, 0) is 24.3 Å². The van der Waals surface area contributed by atoms with Crippen LogP contribution in [0.25, 0.3) is 16.9 Å². The van der Waals surface area contributed by atoms with Crippen LogP contribution in [0, 0.1) is 0 Å². The number of rotatable bonds is 3. The van der Waals surface area contributed by atoms with Gasteiger partial charge in [0.25, 0.3) is 0 Å². The molecule has 0 spiro atoms. The Morgan fingerprint density at radius 1 is 1.00 bits per heavy atom. The summed E-state index contributed by atoms with van der Waals surface area (Å²) in [6.07, 6.45) is 1.87. The van der Waals surface area contributed by atoms with E-state index in [4.69, 9.17) is 0 Å². The highest BCUT2D eigenvalue weighted by Crippen LogP contribution is 2.24. The summed E-state index contributed by atoms with van der Waals surface area (Å²) >= 11 is 3.42. The van der Waals surface area contributed by atoms with Crippen molar-refractivity contribution in [2.75, 3.05) is 0 Å². The quantitative estimate of drug-likeness (QED) is 0.794. The third-order valence-corrected chi connectivity index (χ3v) is 3.63. The maximum Gasteiger partial charge on any atom is 0.0982 e. The van der Waals surface area contributed by atoms with Gasteiger partial charge >= 0.3 is 0 Å². The SMILES string of the molecule is OCc1cn(-c2ccc(Br)cc2)nc1-c1ccccc1. The van der Waals surface area contributed by atoms with Crippen LogP contribution in [-0.2, 0) is 6.61 Å². The minimum Gasteiger partial charge on any atom is -0.392 e. The topological polar surface area (TPSA) is 38.0 Å². The van der Waals surface area contributed by atoms with E-state index in [9.17, 15) is 5.11 Å². The molecule has 1 aromatic heterocycles. The number of benzene rings is 2. The summed E-state index contributed by atoms with van der Waals surface area (Å²) < 4.78 is 2.82. The summed E-state index contributed by atoms with van der Waals surface area (Å²) in [5.74, 6) is 0. The Hall–Kier alpha value is -1.91. The average Bonchev–Trinajstić information content (AvgIpc) is 2.93. The molecule has 0 atom stereocenters. The first-order valence-corrected chi connectivity index (χ1v) is 7.08. The van der Waals surface area contributed by atoms with Crippen LogP contribution >= 0.6 is 15.9 Å². The van der Waals surface area contributed by atoms with E-state index in [0.717, 1.165) is 27.0 Å². The molecule has 2 aromatic carbocycles. The summed E-state index contributed by atoms with van der Waals surface area (Å²) in [5, 5.41) is 14.1. The Bertz CT molecular complexity index is 705. The van der Waals surface area contributed by atoms with E-state index < -0.39 is 0 Å². The Morgan fingerprint density at radius 3 is 2.35 bits per heavy atom. The van der Waals surface area contributed by atoms with Crippen LogP contribution in [0.5, 0.6) is 0 Å². The highest BCUT2D eigenvalue weighted by atomic mass is 79.9. The Balaban J connectivity index is 2.07. The van der Waals surface area contributed by atoms with Gasteiger partial charge in [-0.15, -0.1) is 0 Å². The fraction of sp³-hybridized carbons (Fsp3) is 0.0625. The lowest BCUT2D eigenvalue weighted by Gasteiger charge is -2.01. The van der Waals surface area contributed by atoms with Crippen LogP contribution in [0.4, 0.5) is 0 Å². The lowest BCUT2D eigenvalue weighted by atomic mass is 10.1. The molecule has 0 aliphatic heterocycles. The van der Waals surface area contributed by atoms with E-state index in [1.54, 1.807) is 4.68 Å². The minimum atomic E-state index is -0.0270. The maximum absolute atomic E-state index is 9.52. The molecule has 0 saturated carbocycles. The van der Waals surface area contributed by atoms with Gasteiger partial charge in [0.05, 0.1) is 18.0 Å². The second-order valence-electron chi connectivity index (χ2n) is 4.45. The van der Waals surface area contributed by atoms with Crippen LogP contribution in [0.15, 0.2) is 65.3 Å². The zero-order valence-electron chi connectivity index (χ0n) is 10.7. The molecule has 0 radical (unpaired) electrons. The molecular weight excluding hydrogens is 316 g/mol. The fourth-order valence-corrected chi connectivity index (χ4v) is 2.35. The third-order valence-electron chi connectivity index (χ3n) is 3.10. The first kappa shape index (κ1) is 13.1. The molecule has 0 bridgehead atoms. The van der Waals surface area contributed by atoms with Crippen LogP contribution in [0.2, 0.25) is 0 Å². The standard InChI is InChI=1S/C16H13BrN2O/c17-14-6-8-15(9-7-14)19-10-13(11-20)16(18-19)12-4-2-1-3-5-12/h1-10,20H,11H2. The number of aliphatic hydroxyl groups excluding tert-OH is 1. The van der Waals surface area contributed by atoms with Crippen LogP contribution in [-0.4, -0.2) is 14.9 Å². The van der Waals surface area contributed by atoms with Gasteiger partial charge in [0.2, 0.25) is 0 Å². The second-order valence-corrected chi connectivity index (χ2v) is 5.36. The lowest BCUT2D eigenvalue weighted by molar-refractivity contribution is 0.282. The molecule has 0 amide bonds. The lowest BCUT2D eigenvalue weighted by Crippen LogP contribution is -1.94. The summed E-state index contributed by atoms with van der Waals surface area (Å²) in [4.78, 5) is 0. The number of halogens is 1. The second kappa shape index (κ2) is 5.61. The van der Waals surface area contributed by atoms with E-state index >= 15 is 0 Å². The van der Waals surface area contributed by atoms with Crippen molar-refractivity contribution in [2.24, 2.45) is 0 Å². The summed E-state index contributed by atoms with van der Waals surface area (Å²) in [6, 6.07) is 17.8. The van der Waals surface area contributed by atoms with Crippen molar-refractivity contribution in [3.8, 4) is 16.9 Å². The summed E-state index contributed by atoms with van der Waals surface area (Å²) in [5.41, 5.74) is 3.60. The van der Waals surface area contributed by atoms with Gasteiger partial charge in [-0.2, -0.15) is 5.10 Å². The number of aliphatic hydroxyl groups is 1. The first-order valence-electron chi connectivity index (χ1n) is 6.28. The van der Waals surface area contributed by atoms with E-state index in [-0.39, 0.29) is 6.61 Å². The smallest absolute Gasteiger partial charge is 0.0982 e. The molecular formula is C16H13BrN2O. The van der Waals surface area contributed by atoms with Crippen molar-refractivity contribution >= 4 is 15.9 Å². The predicted molar refractivity (Wildman–Crippen MR) is 82.6 cm³/mol. The number of hydrogen-bond donors (Lipinski definition) is 1. The van der Waals surface area contributed by atoms with Gasteiger partial charge in [0.1, 0.15) is 0 Å². The zero-order valence-corrected chi connectivity index (χ0v) is 12.3. The normalized spacial score (nSPS) is 10.7. The van der Waals surface area contributed by atoms with Crippen molar-refractivity contribution in [3.63, 3.8) is 0 Å². The molecule has 0 unspecified atom stereocenters. The molecule has 0 aliphatic carbocycles. The van der Waals surface area contributed by atoms with Crippen molar-refractivity contribution in [1.29, 1.82) is 0 Å². The average molecular weight is 329 g/mol. The molecule has 100 valence electrons. The molecule has 0 fully saturated rings. The van der Waals surface area contributed by atoms with Gasteiger partial charge in [0.15, 0.2) is 0 Å². The molecule has 3 rings (SSSR count). The molecule has 1 heterocycles. The van der Waals surface area contributed by atoms with E-state index in [0.29, 0.717) is 0 Å². The van der Waals surface area contributed by atoms with Crippen molar-refractivity contribution in [3.05, 3.63) is 70.8 Å². The number of aromatic nitrogens is 2. The van der Waals surface area contributed by atoms with E-state index in [1.165, 1.54) is 0 Å². The molecule has 20 heavy (non-hydrogen) atoms. The Labute approximate surface area is 125 Å². The summed E-state index contributed by atoms with van der Waals surface area (Å²) in [6.45, 7) is -0.0270. The predicted octanol–water partition coefficient (Wildman–Crippen LogP) is 3.79. The van der Waals surface area contributed by atoms with Crippen LogP contribution in [0.1, 0.15) is 5.56 Å². The highest BCUT2D eigenvalue weighted by molar-refractivity contribution is 9.10. The van der Waals surface area contributed by atoms with Gasteiger partial charge in [-0.3, -0.25) is 0 Å². The van der Waals surface area contributed by atoms with Crippen LogP contribution in [0.3, 0.4) is 0 Å². The molecule has 3 nitrogen and oxygen atoms in total. The Kier molecular flexibility index (Phi) is 3.67. The molecule has 0 aliphatic rings. The largest absolute Gasteiger partial charge is 0.392 e. The van der Waals surface area contributed by atoms with Gasteiger partial charge < -0.3 is 5.11 Å². The first-order chi connectivity index (χ1) is 9.78. The van der Waals surface area contributed by atoms with E-state index in [1.807, 2.05) is 60.8 Å². The highest BCUT2D eigenvalue weighted by Gasteiger charge is 2.11. The zero-order chi connectivity index (χ0) is 13.9. The number of hydrogen-bond acceptors (Lipinski definition) is 2. The van der Waals surface area contributed by atoms with Crippen LogP contribution < -0.4 is 0 Å². The molecule has 4 heteroatoms. The Morgan fingerprint density at radius 2 is 1.70 bits per heavy atom. The van der Waals surface area contributed by atoms with Gasteiger partial charge in [-0.25, -0.2) is 4.68 Å². The summed E-state index contributed by atoms with van der Waals surface area (Å²) in [7, 11) is 0. The van der Waals surface area contributed by atoms with Gasteiger partial charge in [-0.1, -0.05) is 46.3 Å². The fourth-order valence-electron chi connectivity index (χ4n) is 2.09. The minimum absolute atomic E-state index is 0.0270. The molecule has 0 saturated heterocycles. The maximum atomic E-state index is 9.52. The monoisotopic (exact) mass is 328 g/mol. The number of nitrogens with zero attached hydrogens (tertiary/aromatic N) is 2. The molecule has 1 N–H and O–H groups in total. The third kappa shape index (κ3) is 2.53. The van der Waals surface area contributed by atoms with Crippen molar-refractivity contribution in [1.82, 2.24) is 9.78 Å². The molecule has 3 aromatic rings. The van der Waals surface area contributed by atoms with E-state index in [2.05, 4.69) is 21.0 Å². The van der Waals surface area contributed by atoms with Gasteiger partial charge in [0, 0.05) is 21.8 Å². The van der Waals surface area contributed by atoms with Crippen molar-refractivity contribution < 1.29 is 5.11 Å². The van der Waals surface area contributed by atoms with Crippen molar-refractivity contribution in [2.45, 2.75) is 6.61 Å².